The Labute approximate surface area is 48.1 Å². The van der Waals surface area contributed by atoms with Crippen LogP contribution in [0.3, 0.4) is 0 Å². The normalized spacial score (nSPS) is 8.50. The summed E-state index contributed by atoms with van der Waals surface area (Å²) >= 11 is 0. The molecular weight excluding hydrogens is 100 g/mol. The third-order valence-corrected chi connectivity index (χ3v) is 0.844. The van der Waals surface area contributed by atoms with E-state index in [0.717, 1.165) is 5.56 Å². The predicted octanol–water partition coefficient (Wildman–Crippen LogP) is 0.630. The van der Waals surface area contributed by atoms with Crippen LogP contribution in [0.5, 0.6) is 0 Å². The maximum absolute atomic E-state index is 5.01. The molecule has 0 aliphatic carbocycles. The third-order valence-electron chi connectivity index (χ3n) is 0.844. The summed E-state index contributed by atoms with van der Waals surface area (Å²) in [6.07, 6.45) is 8.53. The van der Waals surface area contributed by atoms with Crippen LogP contribution in [0.15, 0.2) is 12.4 Å². The van der Waals surface area contributed by atoms with Crippen molar-refractivity contribution in [3.05, 3.63) is 18.0 Å². The molecule has 0 amide bonds. The molecule has 0 radical (unpaired) electrons. The van der Waals surface area contributed by atoms with E-state index >= 15 is 0 Å². The van der Waals surface area contributed by atoms with Crippen LogP contribution >= 0.6 is 0 Å². The minimum absolute atomic E-state index is 1.09. The summed E-state index contributed by atoms with van der Waals surface area (Å²) in [4.78, 5) is 0. The van der Waals surface area contributed by atoms with Crippen molar-refractivity contribution in [2.45, 2.75) is 6.92 Å². The lowest BCUT2D eigenvalue weighted by molar-refractivity contribution is 0.918. The molecule has 0 bridgehead atoms. The molecule has 2 nitrogen and oxygen atoms in total. The van der Waals surface area contributed by atoms with Gasteiger partial charge in [-0.2, -0.15) is 9.78 Å². The first-order valence-corrected chi connectivity index (χ1v) is 2.31. The first-order chi connectivity index (χ1) is 3.83. The molecule has 0 saturated heterocycles. The Balaban J connectivity index is 3.05. The molecule has 1 rings (SSSR count). The largest absolute Gasteiger partial charge is 0.197 e. The Kier molecular flexibility index (Phi) is 1.05. The summed E-state index contributed by atoms with van der Waals surface area (Å²) in [5.74, 6) is 0. The van der Waals surface area contributed by atoms with E-state index in [1.165, 1.54) is 4.68 Å². The Bertz CT molecular complexity index is 217. The number of rotatable bonds is 0. The van der Waals surface area contributed by atoms with Crippen LogP contribution in [0.25, 0.3) is 0 Å². The molecule has 0 unspecified atom stereocenters. The molecule has 1 aromatic heterocycles. The fraction of sp³-hybridized carbons (Fsp3) is 0.167. The summed E-state index contributed by atoms with van der Waals surface area (Å²) in [6.45, 7) is 1.95. The second kappa shape index (κ2) is 1.71. The van der Waals surface area contributed by atoms with Gasteiger partial charge in [-0.15, -0.1) is 0 Å². The molecule has 0 atom stereocenters. The van der Waals surface area contributed by atoms with Gasteiger partial charge in [-0.3, -0.25) is 0 Å². The fourth-order valence-corrected chi connectivity index (χ4v) is 0.483. The van der Waals surface area contributed by atoms with Gasteiger partial charge >= 0.3 is 0 Å². The number of aryl methyl sites for hydroxylation is 1. The van der Waals surface area contributed by atoms with Crippen molar-refractivity contribution in [1.29, 1.82) is 0 Å². The maximum atomic E-state index is 5.01. The summed E-state index contributed by atoms with van der Waals surface area (Å²) in [5, 5.41) is 3.81. The average Bonchev–Trinajstić information content (AvgIpc) is 2.14. The molecule has 40 valence electrons. The van der Waals surface area contributed by atoms with Crippen molar-refractivity contribution in [2.24, 2.45) is 0 Å². The molecule has 8 heavy (non-hydrogen) atoms. The number of aromatic nitrogens is 2. The van der Waals surface area contributed by atoms with Crippen LogP contribution in [-0.4, -0.2) is 9.78 Å². The van der Waals surface area contributed by atoms with Gasteiger partial charge in [-0.05, 0) is 12.5 Å². The SMILES string of the molecule is C#Cn1cc(C)cn1. The van der Waals surface area contributed by atoms with E-state index in [0.29, 0.717) is 0 Å². The molecule has 0 aromatic carbocycles. The Morgan fingerprint density at radius 1 is 1.88 bits per heavy atom. The van der Waals surface area contributed by atoms with Crippen molar-refractivity contribution >= 4 is 0 Å². The smallest absolute Gasteiger partial charge is 0.0530 e. The van der Waals surface area contributed by atoms with Gasteiger partial charge in [0.25, 0.3) is 0 Å². The zero-order valence-electron chi connectivity index (χ0n) is 4.63. The molecular formula is C6H6N2. The summed E-state index contributed by atoms with van der Waals surface area (Å²) < 4.78 is 1.44. The highest BCUT2D eigenvalue weighted by Crippen LogP contribution is 1.89. The molecule has 0 fully saturated rings. The van der Waals surface area contributed by atoms with Gasteiger partial charge in [-0.1, -0.05) is 6.42 Å². The molecule has 0 aliphatic rings. The van der Waals surface area contributed by atoms with Crippen molar-refractivity contribution in [1.82, 2.24) is 9.78 Å². The Morgan fingerprint density at radius 3 is 2.88 bits per heavy atom. The first-order valence-electron chi connectivity index (χ1n) is 2.31. The first kappa shape index (κ1) is 4.92. The summed E-state index contributed by atoms with van der Waals surface area (Å²) in [7, 11) is 0. The number of hydrogen-bond acceptors (Lipinski definition) is 1. The van der Waals surface area contributed by atoms with Crippen LogP contribution in [0.4, 0.5) is 0 Å². The van der Waals surface area contributed by atoms with E-state index in [2.05, 4.69) is 11.1 Å². The standard InChI is InChI=1S/C6H6N2/c1-3-8-5-6(2)4-7-8/h1,4-5H,2H3. The van der Waals surface area contributed by atoms with E-state index in [9.17, 15) is 0 Å². The minimum Gasteiger partial charge on any atom is -0.197 e. The molecule has 2 heteroatoms. The van der Waals surface area contributed by atoms with Crippen LogP contribution < -0.4 is 0 Å². The summed E-state index contributed by atoms with van der Waals surface area (Å²) in [5.41, 5.74) is 1.09. The number of terminal acetylenes is 1. The molecule has 0 N–H and O–H groups in total. The van der Waals surface area contributed by atoms with Gasteiger partial charge in [0.2, 0.25) is 0 Å². The molecule has 1 heterocycles. The van der Waals surface area contributed by atoms with Crippen LogP contribution in [0.1, 0.15) is 5.56 Å². The highest BCUT2D eigenvalue weighted by atomic mass is 15.2. The van der Waals surface area contributed by atoms with Crippen molar-refractivity contribution in [3.63, 3.8) is 0 Å². The monoisotopic (exact) mass is 106 g/mol. The molecule has 0 spiro atoms. The highest BCUT2D eigenvalue weighted by Gasteiger charge is 1.84. The van der Waals surface area contributed by atoms with Gasteiger partial charge in [0.05, 0.1) is 6.20 Å². The Hall–Kier alpha value is -1.23. The Morgan fingerprint density at radius 2 is 2.62 bits per heavy atom. The van der Waals surface area contributed by atoms with E-state index in [1.807, 2.05) is 6.92 Å². The lowest BCUT2D eigenvalue weighted by Gasteiger charge is -1.77. The van der Waals surface area contributed by atoms with E-state index in [1.54, 1.807) is 12.4 Å². The van der Waals surface area contributed by atoms with E-state index < -0.39 is 0 Å². The zero-order chi connectivity index (χ0) is 5.98. The van der Waals surface area contributed by atoms with Gasteiger partial charge in [0.15, 0.2) is 0 Å². The quantitative estimate of drug-likeness (QED) is 0.443. The second-order valence-electron chi connectivity index (χ2n) is 1.59. The van der Waals surface area contributed by atoms with E-state index in [-0.39, 0.29) is 0 Å². The topological polar surface area (TPSA) is 17.8 Å². The zero-order valence-corrected chi connectivity index (χ0v) is 4.63. The van der Waals surface area contributed by atoms with Gasteiger partial charge in [0, 0.05) is 12.2 Å². The molecule has 0 saturated carbocycles. The van der Waals surface area contributed by atoms with Crippen LogP contribution in [0.2, 0.25) is 0 Å². The highest BCUT2D eigenvalue weighted by molar-refractivity contribution is 5.04. The molecule has 1 aromatic rings. The van der Waals surface area contributed by atoms with Crippen molar-refractivity contribution in [2.75, 3.05) is 0 Å². The second-order valence-corrected chi connectivity index (χ2v) is 1.59. The molecule has 0 aliphatic heterocycles. The van der Waals surface area contributed by atoms with Gasteiger partial charge in [0.1, 0.15) is 0 Å². The van der Waals surface area contributed by atoms with Crippen molar-refractivity contribution < 1.29 is 0 Å². The lowest BCUT2D eigenvalue weighted by Crippen LogP contribution is -1.84. The number of hydrogen-bond donors (Lipinski definition) is 0. The van der Waals surface area contributed by atoms with Gasteiger partial charge in [-0.25, -0.2) is 0 Å². The lowest BCUT2D eigenvalue weighted by atomic mass is 10.4. The summed E-state index contributed by atoms with van der Waals surface area (Å²) in [6, 6.07) is 2.35. The average molecular weight is 106 g/mol. The minimum atomic E-state index is 1.09. The van der Waals surface area contributed by atoms with Crippen LogP contribution in [-0.2, 0) is 0 Å². The predicted molar refractivity (Wildman–Crippen MR) is 31.2 cm³/mol. The van der Waals surface area contributed by atoms with E-state index in [4.69, 9.17) is 6.42 Å². The number of nitrogens with zero attached hydrogens (tertiary/aromatic N) is 2. The fourth-order valence-electron chi connectivity index (χ4n) is 0.483. The van der Waals surface area contributed by atoms with Crippen molar-refractivity contribution in [3.8, 4) is 12.5 Å². The van der Waals surface area contributed by atoms with Gasteiger partial charge < -0.3 is 0 Å². The van der Waals surface area contributed by atoms with Crippen LogP contribution in [0, 0.1) is 19.4 Å². The maximum Gasteiger partial charge on any atom is 0.0530 e. The third kappa shape index (κ3) is 0.710.